The maximum atomic E-state index is 11.2. The lowest BCUT2D eigenvalue weighted by Gasteiger charge is -1.97. The van der Waals surface area contributed by atoms with E-state index in [0.717, 1.165) is 16.5 Å². The highest BCUT2D eigenvalue weighted by Gasteiger charge is 2.17. The Hall–Kier alpha value is -2.56. The van der Waals surface area contributed by atoms with Crippen LogP contribution in [0.2, 0.25) is 0 Å². The third-order valence-corrected chi connectivity index (χ3v) is 2.86. The van der Waals surface area contributed by atoms with Gasteiger partial charge in [0.05, 0.1) is 0 Å². The van der Waals surface area contributed by atoms with Gasteiger partial charge in [0.2, 0.25) is 5.89 Å². The van der Waals surface area contributed by atoms with Crippen LogP contribution >= 0.6 is 0 Å². The van der Waals surface area contributed by atoms with Crippen molar-refractivity contribution in [3.63, 3.8) is 0 Å². The third kappa shape index (κ3) is 1.48. The van der Waals surface area contributed by atoms with Crippen LogP contribution < -0.4 is 5.73 Å². The number of nitrogens with two attached hydrogens (primary N) is 1. The summed E-state index contributed by atoms with van der Waals surface area (Å²) in [6.07, 6.45) is 1.85. The van der Waals surface area contributed by atoms with Crippen LogP contribution in [0.1, 0.15) is 16.2 Å². The normalized spacial score (nSPS) is 10.9. The molecule has 0 atom stereocenters. The van der Waals surface area contributed by atoms with Gasteiger partial charge in [-0.3, -0.25) is 4.79 Å². The number of carbonyl (C=O) groups excluding carboxylic acids is 1. The maximum Gasteiger partial charge on any atom is 0.270 e. The molecule has 18 heavy (non-hydrogen) atoms. The highest BCUT2D eigenvalue weighted by Crippen LogP contribution is 2.28. The summed E-state index contributed by atoms with van der Waals surface area (Å²) in [6.45, 7) is 1.67. The molecular formula is C13H11N3O2. The SMILES string of the molecule is Cc1oc(-c2cccc3[nH]ccc23)nc1C(N)=O. The first-order valence-corrected chi connectivity index (χ1v) is 5.50. The molecule has 5 heteroatoms. The molecule has 0 aliphatic heterocycles. The van der Waals surface area contributed by atoms with Gasteiger partial charge < -0.3 is 15.1 Å². The number of amides is 1. The fraction of sp³-hybridized carbons (Fsp3) is 0.0769. The number of benzene rings is 1. The molecule has 0 aliphatic rings. The van der Waals surface area contributed by atoms with Gasteiger partial charge in [-0.2, -0.15) is 0 Å². The summed E-state index contributed by atoms with van der Waals surface area (Å²) in [5.41, 5.74) is 7.24. The van der Waals surface area contributed by atoms with Gasteiger partial charge in [-0.05, 0) is 25.1 Å². The molecule has 0 bridgehead atoms. The molecule has 2 aromatic heterocycles. The van der Waals surface area contributed by atoms with E-state index < -0.39 is 5.91 Å². The molecule has 2 heterocycles. The van der Waals surface area contributed by atoms with Gasteiger partial charge >= 0.3 is 0 Å². The molecule has 90 valence electrons. The molecule has 3 aromatic rings. The molecule has 3 rings (SSSR count). The molecule has 0 spiro atoms. The third-order valence-electron chi connectivity index (χ3n) is 2.86. The van der Waals surface area contributed by atoms with E-state index in [4.69, 9.17) is 10.2 Å². The minimum Gasteiger partial charge on any atom is -0.441 e. The second-order valence-electron chi connectivity index (χ2n) is 4.03. The number of nitrogens with one attached hydrogen (secondary N) is 1. The first-order valence-electron chi connectivity index (χ1n) is 5.50. The van der Waals surface area contributed by atoms with Crippen LogP contribution in [-0.2, 0) is 0 Å². The van der Waals surface area contributed by atoms with Crippen molar-refractivity contribution in [3.05, 3.63) is 41.9 Å². The standard InChI is InChI=1S/C13H11N3O2/c1-7-11(12(14)17)16-13(18-7)9-3-2-4-10-8(9)5-6-15-10/h2-6,15H,1H3,(H2,14,17). The molecular weight excluding hydrogens is 230 g/mol. The maximum absolute atomic E-state index is 11.2. The van der Waals surface area contributed by atoms with Crippen molar-refractivity contribution in [2.75, 3.05) is 0 Å². The van der Waals surface area contributed by atoms with Crippen molar-refractivity contribution in [2.45, 2.75) is 6.92 Å². The smallest absolute Gasteiger partial charge is 0.270 e. The van der Waals surface area contributed by atoms with E-state index in [-0.39, 0.29) is 5.69 Å². The van der Waals surface area contributed by atoms with Crippen molar-refractivity contribution in [2.24, 2.45) is 5.73 Å². The van der Waals surface area contributed by atoms with Crippen molar-refractivity contribution < 1.29 is 9.21 Å². The molecule has 0 saturated carbocycles. The number of aryl methyl sites for hydroxylation is 1. The van der Waals surface area contributed by atoms with E-state index in [2.05, 4.69) is 9.97 Å². The molecule has 0 aliphatic carbocycles. The number of rotatable bonds is 2. The Balaban J connectivity index is 2.23. The Kier molecular flexibility index (Phi) is 2.19. The lowest BCUT2D eigenvalue weighted by Crippen LogP contribution is -2.12. The minimum atomic E-state index is -0.580. The van der Waals surface area contributed by atoms with Gasteiger partial charge in [0.1, 0.15) is 5.76 Å². The summed E-state index contributed by atoms with van der Waals surface area (Å²) in [5, 5.41) is 0.995. The Morgan fingerprint density at radius 1 is 1.39 bits per heavy atom. The number of nitrogens with zero attached hydrogens (tertiary/aromatic N) is 1. The van der Waals surface area contributed by atoms with E-state index in [1.165, 1.54) is 0 Å². The predicted molar refractivity (Wildman–Crippen MR) is 67.1 cm³/mol. The summed E-state index contributed by atoms with van der Waals surface area (Å²) >= 11 is 0. The first kappa shape index (κ1) is 10.6. The summed E-state index contributed by atoms with van der Waals surface area (Å²) in [5.74, 6) is 0.264. The van der Waals surface area contributed by atoms with Crippen LogP contribution in [0.3, 0.4) is 0 Å². The summed E-state index contributed by atoms with van der Waals surface area (Å²) in [4.78, 5) is 18.4. The molecule has 0 fully saturated rings. The fourth-order valence-electron chi connectivity index (χ4n) is 2.01. The van der Waals surface area contributed by atoms with Crippen LogP contribution in [0.15, 0.2) is 34.9 Å². The summed E-state index contributed by atoms with van der Waals surface area (Å²) in [6, 6.07) is 7.70. The number of fused-ring (bicyclic) bond motifs is 1. The van der Waals surface area contributed by atoms with Gasteiger partial charge in [-0.25, -0.2) is 4.98 Å². The second kappa shape index (κ2) is 3.73. The number of H-pyrrole nitrogens is 1. The predicted octanol–water partition coefficient (Wildman–Crippen LogP) is 2.23. The average Bonchev–Trinajstić information content (AvgIpc) is 2.94. The van der Waals surface area contributed by atoms with Crippen LogP contribution in [-0.4, -0.2) is 15.9 Å². The van der Waals surface area contributed by atoms with Gasteiger partial charge in [0.25, 0.3) is 5.91 Å². The largest absolute Gasteiger partial charge is 0.441 e. The van der Waals surface area contributed by atoms with Crippen LogP contribution in [0, 0.1) is 6.92 Å². The van der Waals surface area contributed by atoms with Crippen molar-refractivity contribution in [1.82, 2.24) is 9.97 Å². The summed E-state index contributed by atoms with van der Waals surface area (Å²) < 4.78 is 5.51. The molecule has 0 saturated heterocycles. The lowest BCUT2D eigenvalue weighted by atomic mass is 10.1. The minimum absolute atomic E-state index is 0.178. The number of hydrogen-bond acceptors (Lipinski definition) is 3. The zero-order valence-electron chi connectivity index (χ0n) is 9.73. The van der Waals surface area contributed by atoms with E-state index in [1.807, 2.05) is 30.5 Å². The monoisotopic (exact) mass is 241 g/mol. The second-order valence-corrected chi connectivity index (χ2v) is 4.03. The zero-order valence-corrected chi connectivity index (χ0v) is 9.73. The van der Waals surface area contributed by atoms with Gasteiger partial charge in [0, 0.05) is 22.7 Å². The van der Waals surface area contributed by atoms with Crippen molar-refractivity contribution >= 4 is 16.8 Å². The van der Waals surface area contributed by atoms with Crippen LogP contribution in [0.5, 0.6) is 0 Å². The molecule has 3 N–H and O–H groups in total. The Bertz CT molecular complexity index is 740. The quantitative estimate of drug-likeness (QED) is 0.721. The number of aromatic nitrogens is 2. The van der Waals surface area contributed by atoms with E-state index in [1.54, 1.807) is 6.92 Å². The zero-order chi connectivity index (χ0) is 12.7. The van der Waals surface area contributed by atoms with E-state index in [9.17, 15) is 4.79 Å². The van der Waals surface area contributed by atoms with Gasteiger partial charge in [-0.1, -0.05) is 6.07 Å². The molecule has 1 amide bonds. The highest BCUT2D eigenvalue weighted by molar-refractivity contribution is 5.95. The fourth-order valence-corrected chi connectivity index (χ4v) is 2.01. The highest BCUT2D eigenvalue weighted by atomic mass is 16.4. The number of carbonyl (C=O) groups is 1. The van der Waals surface area contributed by atoms with E-state index >= 15 is 0 Å². The first-order chi connectivity index (χ1) is 8.66. The molecule has 1 aromatic carbocycles. The van der Waals surface area contributed by atoms with Crippen LogP contribution in [0.25, 0.3) is 22.4 Å². The van der Waals surface area contributed by atoms with Crippen LogP contribution in [0.4, 0.5) is 0 Å². The Labute approximate surface area is 103 Å². The number of primary amides is 1. The Morgan fingerprint density at radius 2 is 2.22 bits per heavy atom. The Morgan fingerprint density at radius 3 is 2.94 bits per heavy atom. The van der Waals surface area contributed by atoms with Gasteiger partial charge in [-0.15, -0.1) is 0 Å². The number of oxazole rings is 1. The van der Waals surface area contributed by atoms with Crippen molar-refractivity contribution in [1.29, 1.82) is 0 Å². The van der Waals surface area contributed by atoms with Crippen molar-refractivity contribution in [3.8, 4) is 11.5 Å². The number of aromatic amines is 1. The molecule has 0 unspecified atom stereocenters. The van der Waals surface area contributed by atoms with E-state index in [0.29, 0.717) is 11.7 Å². The topological polar surface area (TPSA) is 84.9 Å². The number of hydrogen-bond donors (Lipinski definition) is 2. The summed E-state index contributed by atoms with van der Waals surface area (Å²) in [7, 11) is 0. The molecule has 5 nitrogen and oxygen atoms in total. The van der Waals surface area contributed by atoms with Gasteiger partial charge in [0.15, 0.2) is 5.69 Å². The lowest BCUT2D eigenvalue weighted by molar-refractivity contribution is 0.0995. The average molecular weight is 241 g/mol. The molecule has 0 radical (unpaired) electrons.